The fraction of sp³-hybridized carbons (Fsp3) is 0.100. The first-order chi connectivity index (χ1) is 11.4. The topological polar surface area (TPSA) is 52.6 Å². The predicted molar refractivity (Wildman–Crippen MR) is 91.4 cm³/mol. The van der Waals surface area contributed by atoms with Crippen LogP contribution in [-0.4, -0.2) is 11.9 Å². The third-order valence-corrected chi connectivity index (χ3v) is 2.94. The van der Waals surface area contributed by atoms with E-state index >= 15 is 0 Å². The Morgan fingerprint density at radius 1 is 0.833 bits per heavy atom. The van der Waals surface area contributed by atoms with Crippen molar-refractivity contribution in [1.82, 2.24) is 0 Å². The van der Waals surface area contributed by atoms with Gasteiger partial charge in [-0.2, -0.15) is 0 Å². The van der Waals surface area contributed by atoms with Gasteiger partial charge in [-0.3, -0.25) is 9.59 Å². The summed E-state index contributed by atoms with van der Waals surface area (Å²) < 4.78 is 9.94. The number of hydrogen-bond acceptors (Lipinski definition) is 4. The van der Waals surface area contributed by atoms with E-state index in [0.29, 0.717) is 17.1 Å². The molecule has 0 fully saturated rings. The van der Waals surface area contributed by atoms with Crippen LogP contribution in [-0.2, 0) is 9.59 Å². The van der Waals surface area contributed by atoms with Crippen molar-refractivity contribution in [2.45, 2.75) is 13.8 Å². The van der Waals surface area contributed by atoms with Gasteiger partial charge in [0.25, 0.3) is 0 Å². The molecule has 4 nitrogen and oxygen atoms in total. The number of rotatable bonds is 3. The number of esters is 2. The Morgan fingerprint density at radius 2 is 1.29 bits per heavy atom. The van der Waals surface area contributed by atoms with E-state index in [-0.39, 0.29) is 11.9 Å². The van der Waals surface area contributed by atoms with Gasteiger partial charge in [0.2, 0.25) is 0 Å². The van der Waals surface area contributed by atoms with E-state index in [1.807, 2.05) is 0 Å². The SMILES string of the molecule is C=C(C#Cc1ccc(OC(C)=O)cc1)c1ccc(OC(C)=O)cc1. The van der Waals surface area contributed by atoms with Crippen LogP contribution in [0.3, 0.4) is 0 Å². The summed E-state index contributed by atoms with van der Waals surface area (Å²) in [4.78, 5) is 21.7. The summed E-state index contributed by atoms with van der Waals surface area (Å²) in [7, 11) is 0. The molecular weight excluding hydrogens is 304 g/mol. The standard InChI is InChI=1S/C20H16O4/c1-14(18-8-12-20(13-9-18)24-16(3)22)4-5-17-6-10-19(11-7-17)23-15(2)21/h6-13H,1H2,2-3H3. The van der Waals surface area contributed by atoms with E-state index in [1.54, 1.807) is 48.5 Å². The van der Waals surface area contributed by atoms with Crippen LogP contribution in [0.15, 0.2) is 55.1 Å². The van der Waals surface area contributed by atoms with Crippen LogP contribution in [0.5, 0.6) is 11.5 Å². The summed E-state index contributed by atoms with van der Waals surface area (Å²) in [5.41, 5.74) is 2.27. The molecule has 0 amide bonds. The van der Waals surface area contributed by atoms with Crippen molar-refractivity contribution >= 4 is 17.5 Å². The molecule has 0 aliphatic carbocycles. The molecular formula is C20H16O4. The third-order valence-electron chi connectivity index (χ3n) is 2.94. The summed E-state index contributed by atoms with van der Waals surface area (Å²) in [6, 6.07) is 13.9. The van der Waals surface area contributed by atoms with Gasteiger partial charge in [0.1, 0.15) is 11.5 Å². The van der Waals surface area contributed by atoms with Crippen molar-refractivity contribution < 1.29 is 19.1 Å². The fourth-order valence-corrected chi connectivity index (χ4v) is 1.88. The highest BCUT2D eigenvalue weighted by molar-refractivity contribution is 5.78. The maximum Gasteiger partial charge on any atom is 0.308 e. The Balaban J connectivity index is 2.05. The van der Waals surface area contributed by atoms with Gasteiger partial charge in [-0.05, 0) is 42.0 Å². The Bertz CT molecular complexity index is 819. The summed E-state index contributed by atoms with van der Waals surface area (Å²) in [6.07, 6.45) is 0. The molecule has 4 heteroatoms. The van der Waals surface area contributed by atoms with Crippen molar-refractivity contribution in [2.75, 3.05) is 0 Å². The lowest BCUT2D eigenvalue weighted by Crippen LogP contribution is -2.00. The van der Waals surface area contributed by atoms with Gasteiger partial charge in [-0.15, -0.1) is 0 Å². The normalized spacial score (nSPS) is 9.42. The number of ether oxygens (including phenoxy) is 2. The number of carbonyl (C=O) groups is 2. The van der Waals surface area contributed by atoms with E-state index in [1.165, 1.54) is 13.8 Å². The molecule has 0 N–H and O–H groups in total. The van der Waals surface area contributed by atoms with E-state index in [0.717, 1.165) is 11.1 Å². The zero-order valence-electron chi connectivity index (χ0n) is 13.5. The van der Waals surface area contributed by atoms with Gasteiger partial charge in [-0.25, -0.2) is 0 Å². The van der Waals surface area contributed by atoms with Crippen LogP contribution < -0.4 is 9.47 Å². The molecule has 2 rings (SSSR count). The van der Waals surface area contributed by atoms with Crippen molar-refractivity contribution in [3.63, 3.8) is 0 Å². The highest BCUT2D eigenvalue weighted by Crippen LogP contribution is 2.18. The molecule has 0 unspecified atom stereocenters. The minimum absolute atomic E-state index is 0.362. The molecule has 0 aliphatic rings. The number of hydrogen-bond donors (Lipinski definition) is 0. The lowest BCUT2D eigenvalue weighted by Gasteiger charge is -2.02. The van der Waals surface area contributed by atoms with Gasteiger partial charge >= 0.3 is 11.9 Å². The molecule has 2 aromatic rings. The second kappa shape index (κ2) is 7.80. The second-order valence-corrected chi connectivity index (χ2v) is 4.96. The van der Waals surface area contributed by atoms with Crippen LogP contribution in [0.1, 0.15) is 25.0 Å². The first kappa shape index (κ1) is 17.0. The van der Waals surface area contributed by atoms with Crippen molar-refractivity contribution in [3.05, 3.63) is 66.2 Å². The predicted octanol–water partition coefficient (Wildman–Crippen LogP) is 3.60. The Kier molecular flexibility index (Phi) is 5.54. The van der Waals surface area contributed by atoms with Gasteiger partial charge < -0.3 is 9.47 Å². The number of benzene rings is 2. The van der Waals surface area contributed by atoms with Crippen LogP contribution in [0.25, 0.3) is 5.57 Å². The summed E-state index contributed by atoms with van der Waals surface area (Å²) >= 11 is 0. The van der Waals surface area contributed by atoms with Crippen LogP contribution in [0, 0.1) is 11.8 Å². The quantitative estimate of drug-likeness (QED) is 0.492. The summed E-state index contributed by atoms with van der Waals surface area (Å²) in [6.45, 7) is 6.64. The zero-order chi connectivity index (χ0) is 17.5. The highest BCUT2D eigenvalue weighted by atomic mass is 16.5. The lowest BCUT2D eigenvalue weighted by atomic mass is 10.1. The first-order valence-electron chi connectivity index (χ1n) is 7.22. The van der Waals surface area contributed by atoms with Gasteiger partial charge in [0.05, 0.1) is 0 Å². The second-order valence-electron chi connectivity index (χ2n) is 4.96. The van der Waals surface area contributed by atoms with Crippen molar-refractivity contribution in [2.24, 2.45) is 0 Å². The third kappa shape index (κ3) is 5.15. The van der Waals surface area contributed by atoms with Crippen LogP contribution in [0.4, 0.5) is 0 Å². The number of allylic oxidation sites excluding steroid dienone is 1. The molecule has 120 valence electrons. The molecule has 0 heterocycles. The smallest absolute Gasteiger partial charge is 0.308 e. The largest absolute Gasteiger partial charge is 0.427 e. The highest BCUT2D eigenvalue weighted by Gasteiger charge is 2.00. The molecule has 2 aromatic carbocycles. The molecule has 0 aromatic heterocycles. The molecule has 0 spiro atoms. The van der Waals surface area contributed by atoms with E-state index in [2.05, 4.69) is 18.4 Å². The molecule has 0 atom stereocenters. The minimum atomic E-state index is -0.362. The van der Waals surface area contributed by atoms with Crippen LogP contribution >= 0.6 is 0 Å². The monoisotopic (exact) mass is 320 g/mol. The molecule has 0 radical (unpaired) electrons. The first-order valence-corrected chi connectivity index (χ1v) is 7.22. The lowest BCUT2D eigenvalue weighted by molar-refractivity contribution is -0.132. The van der Waals surface area contributed by atoms with Gasteiger partial charge in [0, 0.05) is 25.0 Å². The zero-order valence-corrected chi connectivity index (χ0v) is 13.5. The molecule has 0 saturated carbocycles. The number of carbonyl (C=O) groups excluding carboxylic acids is 2. The Hall–Kier alpha value is -3.32. The van der Waals surface area contributed by atoms with Gasteiger partial charge in [-0.1, -0.05) is 30.6 Å². The van der Waals surface area contributed by atoms with Crippen molar-refractivity contribution in [1.29, 1.82) is 0 Å². The molecule has 24 heavy (non-hydrogen) atoms. The van der Waals surface area contributed by atoms with E-state index in [4.69, 9.17) is 9.47 Å². The average molecular weight is 320 g/mol. The fourth-order valence-electron chi connectivity index (χ4n) is 1.88. The molecule has 0 saturated heterocycles. The molecule has 0 aliphatic heterocycles. The van der Waals surface area contributed by atoms with E-state index in [9.17, 15) is 9.59 Å². The van der Waals surface area contributed by atoms with Gasteiger partial charge in [0.15, 0.2) is 0 Å². The average Bonchev–Trinajstić information content (AvgIpc) is 2.53. The van der Waals surface area contributed by atoms with E-state index < -0.39 is 0 Å². The van der Waals surface area contributed by atoms with Crippen molar-refractivity contribution in [3.8, 4) is 23.3 Å². The summed E-state index contributed by atoms with van der Waals surface area (Å²) in [5, 5.41) is 0. The molecule has 0 bridgehead atoms. The minimum Gasteiger partial charge on any atom is -0.427 e. The maximum absolute atomic E-state index is 10.9. The maximum atomic E-state index is 10.9. The Morgan fingerprint density at radius 3 is 1.75 bits per heavy atom. The Labute approximate surface area is 140 Å². The summed E-state index contributed by atoms with van der Waals surface area (Å²) in [5.74, 6) is 6.21. The van der Waals surface area contributed by atoms with Crippen LogP contribution in [0.2, 0.25) is 0 Å².